The minimum atomic E-state index is -0.620. The first-order chi connectivity index (χ1) is 7.21. The number of methoxy groups -OCH3 is 1. The summed E-state index contributed by atoms with van der Waals surface area (Å²) in [5, 5.41) is 21.8. The summed E-state index contributed by atoms with van der Waals surface area (Å²) >= 11 is 1.24. The van der Waals surface area contributed by atoms with Crippen LogP contribution in [0.15, 0.2) is 11.4 Å². The fourth-order valence-electron chi connectivity index (χ4n) is 0.950. The highest BCUT2D eigenvalue weighted by molar-refractivity contribution is 7.12. The van der Waals surface area contributed by atoms with Crippen LogP contribution in [0.5, 0.6) is 5.75 Å². The number of thiophene rings is 1. The molecule has 0 fully saturated rings. The van der Waals surface area contributed by atoms with Crippen molar-refractivity contribution < 1.29 is 19.7 Å². The fraction of sp³-hybridized carbons (Fsp3) is 0.444. The van der Waals surface area contributed by atoms with Crippen molar-refractivity contribution in [1.29, 1.82) is 0 Å². The molecule has 0 aliphatic carbocycles. The first-order valence-corrected chi connectivity index (χ1v) is 5.24. The lowest BCUT2D eigenvalue weighted by Crippen LogP contribution is -2.39. The molecule has 15 heavy (non-hydrogen) atoms. The van der Waals surface area contributed by atoms with E-state index in [2.05, 4.69) is 5.32 Å². The van der Waals surface area contributed by atoms with Crippen molar-refractivity contribution in [1.82, 2.24) is 5.32 Å². The van der Waals surface area contributed by atoms with Gasteiger partial charge in [-0.1, -0.05) is 0 Å². The Kier molecular flexibility index (Phi) is 4.54. The lowest BCUT2D eigenvalue weighted by Gasteiger charge is -2.11. The number of aliphatic hydroxyl groups excluding tert-OH is 2. The van der Waals surface area contributed by atoms with Crippen LogP contribution in [0.25, 0.3) is 0 Å². The molecular formula is C9H13NO4S. The molecule has 0 saturated heterocycles. The molecule has 6 heteroatoms. The Hall–Kier alpha value is -1.11. The third-order valence-corrected chi connectivity index (χ3v) is 2.72. The number of aliphatic hydroxyl groups is 2. The van der Waals surface area contributed by atoms with Crippen LogP contribution in [0.4, 0.5) is 0 Å². The van der Waals surface area contributed by atoms with Gasteiger partial charge in [-0.05, 0) is 0 Å². The zero-order chi connectivity index (χ0) is 11.3. The Morgan fingerprint density at radius 3 is 2.73 bits per heavy atom. The molecule has 5 nitrogen and oxygen atoms in total. The maximum Gasteiger partial charge on any atom is 0.261 e. The Morgan fingerprint density at radius 2 is 2.27 bits per heavy atom. The van der Waals surface area contributed by atoms with E-state index in [9.17, 15) is 4.79 Å². The van der Waals surface area contributed by atoms with E-state index in [4.69, 9.17) is 14.9 Å². The van der Waals surface area contributed by atoms with Gasteiger partial charge in [0.15, 0.2) is 0 Å². The third kappa shape index (κ3) is 3.19. The van der Waals surface area contributed by atoms with E-state index >= 15 is 0 Å². The molecule has 1 rings (SSSR count). The topological polar surface area (TPSA) is 78.8 Å². The molecule has 1 aromatic heterocycles. The van der Waals surface area contributed by atoms with Crippen LogP contribution >= 0.6 is 11.3 Å². The van der Waals surface area contributed by atoms with Crippen LogP contribution in [0, 0.1) is 0 Å². The minimum Gasteiger partial charge on any atom is -0.496 e. The second kappa shape index (κ2) is 5.69. The first-order valence-electron chi connectivity index (χ1n) is 4.36. The SMILES string of the molecule is COc1csc(C(=O)NC(CO)CO)c1. The lowest BCUT2D eigenvalue weighted by molar-refractivity contribution is 0.0883. The molecule has 1 aromatic rings. The van der Waals surface area contributed by atoms with Crippen LogP contribution in [0.3, 0.4) is 0 Å². The normalized spacial score (nSPS) is 10.4. The maximum atomic E-state index is 11.5. The average molecular weight is 231 g/mol. The molecule has 0 saturated carbocycles. The van der Waals surface area contributed by atoms with Gasteiger partial charge in [-0.15, -0.1) is 11.3 Å². The van der Waals surface area contributed by atoms with Crippen molar-refractivity contribution in [2.24, 2.45) is 0 Å². The third-order valence-electron chi connectivity index (χ3n) is 1.81. The average Bonchev–Trinajstić information content (AvgIpc) is 2.74. The van der Waals surface area contributed by atoms with Gasteiger partial charge in [0.05, 0.1) is 31.2 Å². The van der Waals surface area contributed by atoms with Gasteiger partial charge in [-0.25, -0.2) is 0 Å². The number of hydrogen-bond donors (Lipinski definition) is 3. The molecule has 1 amide bonds. The van der Waals surface area contributed by atoms with Gasteiger partial charge in [-0.2, -0.15) is 0 Å². The summed E-state index contributed by atoms with van der Waals surface area (Å²) in [5.74, 6) is 0.297. The predicted molar refractivity (Wildman–Crippen MR) is 56.3 cm³/mol. The zero-order valence-electron chi connectivity index (χ0n) is 8.27. The first kappa shape index (κ1) is 12.0. The summed E-state index contributed by atoms with van der Waals surface area (Å²) < 4.78 is 4.93. The second-order valence-electron chi connectivity index (χ2n) is 2.89. The van der Waals surface area contributed by atoms with Crippen LogP contribution in [-0.4, -0.2) is 42.5 Å². The Labute approximate surface area is 91.3 Å². The number of carbonyl (C=O) groups is 1. The summed E-state index contributed by atoms with van der Waals surface area (Å²) in [5.41, 5.74) is 0. The predicted octanol–water partition coefficient (Wildman–Crippen LogP) is -0.160. The fourth-order valence-corrected chi connectivity index (χ4v) is 1.71. The second-order valence-corrected chi connectivity index (χ2v) is 3.80. The molecule has 0 aliphatic rings. The number of rotatable bonds is 5. The van der Waals surface area contributed by atoms with Gasteiger partial charge in [0.2, 0.25) is 0 Å². The van der Waals surface area contributed by atoms with Gasteiger partial charge in [0.1, 0.15) is 5.75 Å². The largest absolute Gasteiger partial charge is 0.496 e. The van der Waals surface area contributed by atoms with E-state index in [1.165, 1.54) is 18.4 Å². The van der Waals surface area contributed by atoms with Crippen molar-refractivity contribution in [3.8, 4) is 5.75 Å². The highest BCUT2D eigenvalue weighted by Gasteiger charge is 2.13. The van der Waals surface area contributed by atoms with E-state index in [0.717, 1.165) is 0 Å². The van der Waals surface area contributed by atoms with E-state index < -0.39 is 6.04 Å². The van der Waals surface area contributed by atoms with Crippen molar-refractivity contribution in [3.05, 3.63) is 16.3 Å². The van der Waals surface area contributed by atoms with E-state index in [-0.39, 0.29) is 19.1 Å². The van der Waals surface area contributed by atoms with Crippen molar-refractivity contribution in [2.75, 3.05) is 20.3 Å². The van der Waals surface area contributed by atoms with Gasteiger partial charge >= 0.3 is 0 Å². The Balaban J connectivity index is 2.60. The Morgan fingerprint density at radius 1 is 1.60 bits per heavy atom. The molecular weight excluding hydrogens is 218 g/mol. The summed E-state index contributed by atoms with van der Waals surface area (Å²) in [4.78, 5) is 12.0. The van der Waals surface area contributed by atoms with Crippen molar-refractivity contribution >= 4 is 17.2 Å². The molecule has 3 N–H and O–H groups in total. The highest BCUT2D eigenvalue weighted by Crippen LogP contribution is 2.20. The zero-order valence-corrected chi connectivity index (χ0v) is 9.08. The molecule has 0 radical (unpaired) electrons. The summed E-state index contributed by atoms with van der Waals surface area (Å²) in [7, 11) is 1.52. The molecule has 0 spiro atoms. The summed E-state index contributed by atoms with van der Waals surface area (Å²) in [6, 6.07) is 0.983. The molecule has 1 heterocycles. The van der Waals surface area contributed by atoms with Crippen molar-refractivity contribution in [3.63, 3.8) is 0 Å². The lowest BCUT2D eigenvalue weighted by atomic mass is 10.3. The number of amides is 1. The molecule has 0 unspecified atom stereocenters. The van der Waals surface area contributed by atoms with E-state index in [1.54, 1.807) is 11.4 Å². The van der Waals surface area contributed by atoms with Crippen LogP contribution in [0.1, 0.15) is 9.67 Å². The van der Waals surface area contributed by atoms with Crippen LogP contribution < -0.4 is 10.1 Å². The van der Waals surface area contributed by atoms with Crippen molar-refractivity contribution in [2.45, 2.75) is 6.04 Å². The maximum absolute atomic E-state index is 11.5. The molecule has 0 atom stereocenters. The summed E-state index contributed by atoms with van der Waals surface area (Å²) in [6.07, 6.45) is 0. The summed E-state index contributed by atoms with van der Waals surface area (Å²) in [6.45, 7) is -0.574. The molecule has 84 valence electrons. The van der Waals surface area contributed by atoms with Gasteiger partial charge < -0.3 is 20.3 Å². The molecule has 0 aliphatic heterocycles. The van der Waals surface area contributed by atoms with Gasteiger partial charge in [0.25, 0.3) is 5.91 Å². The monoisotopic (exact) mass is 231 g/mol. The van der Waals surface area contributed by atoms with E-state index in [0.29, 0.717) is 10.6 Å². The Bertz CT molecular complexity index is 322. The van der Waals surface area contributed by atoms with Gasteiger partial charge in [-0.3, -0.25) is 4.79 Å². The number of nitrogens with one attached hydrogen (secondary N) is 1. The van der Waals surface area contributed by atoms with Crippen LogP contribution in [0.2, 0.25) is 0 Å². The number of hydrogen-bond acceptors (Lipinski definition) is 5. The smallest absolute Gasteiger partial charge is 0.261 e. The minimum absolute atomic E-state index is 0.287. The quantitative estimate of drug-likeness (QED) is 0.658. The van der Waals surface area contributed by atoms with Crippen LogP contribution in [-0.2, 0) is 0 Å². The molecule has 0 bridgehead atoms. The number of carbonyl (C=O) groups excluding carboxylic acids is 1. The van der Waals surface area contributed by atoms with E-state index in [1.807, 2.05) is 0 Å². The number of ether oxygens (including phenoxy) is 1. The standard InChI is InChI=1S/C9H13NO4S/c1-14-7-2-8(15-5-7)9(13)10-6(3-11)4-12/h2,5-6,11-12H,3-4H2,1H3,(H,10,13). The highest BCUT2D eigenvalue weighted by atomic mass is 32.1. The van der Waals surface area contributed by atoms with Gasteiger partial charge in [0, 0.05) is 11.4 Å². The molecule has 0 aromatic carbocycles.